The van der Waals surface area contributed by atoms with Gasteiger partial charge in [0.25, 0.3) is 5.91 Å². The van der Waals surface area contributed by atoms with Gasteiger partial charge < -0.3 is 14.6 Å². The van der Waals surface area contributed by atoms with Crippen LogP contribution in [0.5, 0.6) is 0 Å². The molecule has 0 bridgehead atoms. The van der Waals surface area contributed by atoms with E-state index in [-0.39, 0.29) is 5.91 Å². The second-order valence-electron chi connectivity index (χ2n) is 7.24. The first kappa shape index (κ1) is 17.3. The molecule has 1 amide bonds. The van der Waals surface area contributed by atoms with Gasteiger partial charge in [-0.3, -0.25) is 14.4 Å². The van der Waals surface area contributed by atoms with Crippen molar-refractivity contribution in [2.75, 3.05) is 26.3 Å². The van der Waals surface area contributed by atoms with Gasteiger partial charge in [0.1, 0.15) is 5.69 Å². The molecule has 7 heteroatoms. The number of hydrogen-bond acceptors (Lipinski definition) is 4. The summed E-state index contributed by atoms with van der Waals surface area (Å²) in [5.41, 5.74) is 1.96. The summed E-state index contributed by atoms with van der Waals surface area (Å²) in [6.07, 6.45) is 6.86. The summed E-state index contributed by atoms with van der Waals surface area (Å²) in [4.78, 5) is 14.9. The predicted octanol–water partition coefficient (Wildman–Crippen LogP) is 1.58. The largest absolute Gasteiger partial charge is 0.381 e. The molecular weight excluding hydrogens is 330 g/mol. The number of nitrogens with zero attached hydrogens (tertiary/aromatic N) is 4. The van der Waals surface area contributed by atoms with Crippen molar-refractivity contribution in [2.45, 2.75) is 37.9 Å². The van der Waals surface area contributed by atoms with Gasteiger partial charge in [0.15, 0.2) is 0 Å². The van der Waals surface area contributed by atoms with Crippen LogP contribution in [0.4, 0.5) is 0 Å². The van der Waals surface area contributed by atoms with Crippen LogP contribution < -0.4 is 5.32 Å². The topological polar surface area (TPSA) is 64.3 Å². The van der Waals surface area contributed by atoms with E-state index in [2.05, 4.69) is 26.1 Å². The van der Waals surface area contributed by atoms with Crippen molar-refractivity contribution in [2.24, 2.45) is 7.05 Å². The smallest absolute Gasteiger partial charge is 0.267 e. The van der Waals surface area contributed by atoms with E-state index >= 15 is 0 Å². The Hall–Kier alpha value is -2.12. The molecule has 0 saturated carbocycles. The van der Waals surface area contributed by atoms with Crippen LogP contribution in [-0.2, 0) is 18.3 Å². The maximum Gasteiger partial charge on any atom is 0.267 e. The Balaban J connectivity index is 1.37. The summed E-state index contributed by atoms with van der Waals surface area (Å²) in [7, 11) is 1.89. The second kappa shape index (κ2) is 7.63. The minimum Gasteiger partial charge on any atom is -0.381 e. The van der Waals surface area contributed by atoms with E-state index in [0.717, 1.165) is 45.6 Å². The van der Waals surface area contributed by atoms with Gasteiger partial charge in [-0.15, -0.1) is 0 Å². The van der Waals surface area contributed by atoms with Gasteiger partial charge >= 0.3 is 0 Å². The minimum absolute atomic E-state index is 0.0183. The minimum atomic E-state index is -0.0183. The number of aryl methyl sites for hydroxylation is 1. The van der Waals surface area contributed by atoms with E-state index in [1.165, 1.54) is 5.69 Å². The Morgan fingerprint density at radius 1 is 1.35 bits per heavy atom. The Morgan fingerprint density at radius 3 is 2.96 bits per heavy atom. The zero-order valence-electron chi connectivity index (χ0n) is 15.3. The highest BCUT2D eigenvalue weighted by Crippen LogP contribution is 2.27. The SMILES string of the molecule is Cn1cccc1C(=O)NCC[C@@H]1CN(C2CCOCC2)Cc2ccnn21. The van der Waals surface area contributed by atoms with Gasteiger partial charge in [0.05, 0.1) is 11.7 Å². The molecule has 4 rings (SSSR count). The lowest BCUT2D eigenvalue weighted by Gasteiger charge is -2.40. The molecule has 2 aliphatic heterocycles. The van der Waals surface area contributed by atoms with Crippen molar-refractivity contribution in [3.8, 4) is 0 Å². The van der Waals surface area contributed by atoms with Crippen molar-refractivity contribution >= 4 is 5.91 Å². The molecule has 0 radical (unpaired) electrons. The number of fused-ring (bicyclic) bond motifs is 1. The van der Waals surface area contributed by atoms with E-state index in [0.29, 0.717) is 24.3 Å². The van der Waals surface area contributed by atoms with Crippen molar-refractivity contribution < 1.29 is 9.53 Å². The fourth-order valence-electron chi connectivity index (χ4n) is 4.10. The lowest BCUT2D eigenvalue weighted by molar-refractivity contribution is 0.0158. The average Bonchev–Trinajstić information content (AvgIpc) is 3.31. The molecule has 2 aromatic heterocycles. The Bertz CT molecular complexity index is 747. The number of carbonyl (C=O) groups excluding carboxylic acids is 1. The third kappa shape index (κ3) is 3.54. The van der Waals surface area contributed by atoms with Gasteiger partial charge in [0.2, 0.25) is 0 Å². The summed E-state index contributed by atoms with van der Waals surface area (Å²) in [6.45, 7) is 4.31. The van der Waals surface area contributed by atoms with Gasteiger partial charge in [0, 0.05) is 58.3 Å². The molecule has 4 heterocycles. The highest BCUT2D eigenvalue weighted by Gasteiger charge is 2.30. The summed E-state index contributed by atoms with van der Waals surface area (Å²) >= 11 is 0. The van der Waals surface area contributed by atoms with E-state index in [1.54, 1.807) is 0 Å². The quantitative estimate of drug-likeness (QED) is 0.882. The van der Waals surface area contributed by atoms with E-state index in [4.69, 9.17) is 4.74 Å². The van der Waals surface area contributed by atoms with Crippen LogP contribution >= 0.6 is 0 Å². The average molecular weight is 357 g/mol. The number of carbonyl (C=O) groups is 1. The van der Waals surface area contributed by atoms with Crippen LogP contribution in [-0.4, -0.2) is 57.5 Å². The number of hydrogen-bond donors (Lipinski definition) is 1. The molecule has 26 heavy (non-hydrogen) atoms. The molecule has 2 aromatic rings. The molecule has 7 nitrogen and oxygen atoms in total. The van der Waals surface area contributed by atoms with Crippen LogP contribution in [0.3, 0.4) is 0 Å². The third-order valence-electron chi connectivity index (χ3n) is 5.56. The van der Waals surface area contributed by atoms with Gasteiger partial charge in [-0.1, -0.05) is 0 Å². The van der Waals surface area contributed by atoms with E-state index < -0.39 is 0 Å². The lowest BCUT2D eigenvalue weighted by atomic mass is 10.0. The van der Waals surface area contributed by atoms with Crippen LogP contribution in [0.25, 0.3) is 0 Å². The standard InChI is InChI=1S/C19H27N5O2/c1-22-10-2-3-18(22)19(25)20-8-4-16-13-23(15-6-11-26-12-7-15)14-17-5-9-21-24(16)17/h2-3,5,9-10,15-16H,4,6-8,11-14H2,1H3,(H,20,25)/t16-/m1/s1. The first-order valence-electron chi connectivity index (χ1n) is 9.46. The normalized spacial score (nSPS) is 21.5. The van der Waals surface area contributed by atoms with Crippen LogP contribution in [0.1, 0.15) is 41.5 Å². The predicted molar refractivity (Wildman–Crippen MR) is 97.9 cm³/mol. The van der Waals surface area contributed by atoms with Crippen LogP contribution in [0.2, 0.25) is 0 Å². The van der Waals surface area contributed by atoms with Crippen LogP contribution in [0.15, 0.2) is 30.6 Å². The molecule has 1 atom stereocenters. The Labute approximate surface area is 153 Å². The highest BCUT2D eigenvalue weighted by atomic mass is 16.5. The maximum atomic E-state index is 12.3. The van der Waals surface area contributed by atoms with E-state index in [1.807, 2.05) is 36.1 Å². The fourth-order valence-corrected chi connectivity index (χ4v) is 4.10. The zero-order valence-corrected chi connectivity index (χ0v) is 15.3. The molecule has 0 aromatic carbocycles. The van der Waals surface area contributed by atoms with Gasteiger partial charge in [-0.25, -0.2) is 0 Å². The maximum absolute atomic E-state index is 12.3. The number of aromatic nitrogens is 3. The summed E-state index contributed by atoms with van der Waals surface area (Å²) in [5, 5.41) is 7.58. The Kier molecular flexibility index (Phi) is 5.08. The third-order valence-corrected chi connectivity index (χ3v) is 5.56. The second-order valence-corrected chi connectivity index (χ2v) is 7.24. The summed E-state index contributed by atoms with van der Waals surface area (Å²) in [6, 6.07) is 6.73. The first-order valence-corrected chi connectivity index (χ1v) is 9.46. The molecule has 0 spiro atoms. The van der Waals surface area contributed by atoms with Crippen molar-refractivity contribution in [1.29, 1.82) is 0 Å². The monoisotopic (exact) mass is 357 g/mol. The van der Waals surface area contributed by atoms with Gasteiger partial charge in [-0.2, -0.15) is 5.10 Å². The molecule has 0 aliphatic carbocycles. The lowest BCUT2D eigenvalue weighted by Crippen LogP contribution is -2.46. The van der Waals surface area contributed by atoms with Gasteiger partial charge in [-0.05, 0) is 37.5 Å². The van der Waals surface area contributed by atoms with Crippen LogP contribution in [0, 0.1) is 0 Å². The van der Waals surface area contributed by atoms with Crippen molar-refractivity contribution in [1.82, 2.24) is 24.6 Å². The molecule has 1 fully saturated rings. The Morgan fingerprint density at radius 2 is 2.19 bits per heavy atom. The first-order chi connectivity index (χ1) is 12.7. The summed E-state index contributed by atoms with van der Waals surface area (Å²) < 4.78 is 9.50. The number of rotatable bonds is 5. The molecule has 140 valence electrons. The zero-order chi connectivity index (χ0) is 17.9. The number of ether oxygens (including phenoxy) is 1. The number of nitrogens with one attached hydrogen (secondary N) is 1. The summed E-state index contributed by atoms with van der Waals surface area (Å²) in [5.74, 6) is -0.0183. The molecule has 1 N–H and O–H groups in total. The van der Waals surface area contributed by atoms with Crippen molar-refractivity contribution in [3.05, 3.63) is 42.0 Å². The number of amides is 1. The molecule has 0 unspecified atom stereocenters. The van der Waals surface area contributed by atoms with E-state index in [9.17, 15) is 4.79 Å². The highest BCUT2D eigenvalue weighted by molar-refractivity contribution is 5.92. The fraction of sp³-hybridized carbons (Fsp3) is 0.579. The molecule has 1 saturated heterocycles. The molecular formula is C19H27N5O2. The van der Waals surface area contributed by atoms with Crippen molar-refractivity contribution in [3.63, 3.8) is 0 Å². The molecule has 2 aliphatic rings.